The van der Waals surface area contributed by atoms with Crippen molar-refractivity contribution in [3.05, 3.63) is 46.7 Å². The number of phenolic OH excluding ortho intramolecular Hbond substituents is 1. The van der Waals surface area contributed by atoms with E-state index in [1.54, 1.807) is 12.1 Å². The average Bonchev–Trinajstić information content (AvgIpc) is 2.88. The van der Waals surface area contributed by atoms with Gasteiger partial charge in [-0.1, -0.05) is 18.2 Å². The number of para-hydroxylation sites is 1. The van der Waals surface area contributed by atoms with Gasteiger partial charge in [0.25, 0.3) is 0 Å². The highest BCUT2D eigenvalue weighted by molar-refractivity contribution is 7.89. The SMILES string of the molecule is CC(C)N(Cc1cccs1)S(=O)(=O)c1ccccc1O. The second-order valence-corrected chi connectivity index (χ2v) is 7.58. The number of nitrogens with zero attached hydrogens (tertiary/aromatic N) is 1. The van der Waals surface area contributed by atoms with Crippen molar-refractivity contribution in [2.75, 3.05) is 0 Å². The number of phenols is 1. The van der Waals surface area contributed by atoms with Crippen LogP contribution in [0.1, 0.15) is 18.7 Å². The summed E-state index contributed by atoms with van der Waals surface area (Å²) in [6.45, 7) is 3.96. The molecule has 0 aliphatic rings. The lowest BCUT2D eigenvalue weighted by molar-refractivity contribution is 0.348. The van der Waals surface area contributed by atoms with Gasteiger partial charge in [-0.2, -0.15) is 4.31 Å². The van der Waals surface area contributed by atoms with Crippen molar-refractivity contribution in [3.63, 3.8) is 0 Å². The van der Waals surface area contributed by atoms with Gasteiger partial charge in [-0.15, -0.1) is 11.3 Å². The standard InChI is InChI=1S/C14H17NO3S2/c1-11(2)15(10-12-6-5-9-19-12)20(17,18)14-8-4-3-7-13(14)16/h3-9,11,16H,10H2,1-2H3. The Hall–Kier alpha value is -1.37. The maximum absolute atomic E-state index is 12.7. The lowest BCUT2D eigenvalue weighted by atomic mass is 10.3. The molecule has 1 aromatic heterocycles. The molecule has 0 radical (unpaired) electrons. The van der Waals surface area contributed by atoms with E-state index in [-0.39, 0.29) is 16.7 Å². The van der Waals surface area contributed by atoms with Gasteiger partial charge in [0.05, 0.1) is 0 Å². The smallest absolute Gasteiger partial charge is 0.247 e. The number of aromatic hydroxyl groups is 1. The van der Waals surface area contributed by atoms with Crippen molar-refractivity contribution < 1.29 is 13.5 Å². The molecule has 0 saturated heterocycles. The third-order valence-corrected chi connectivity index (χ3v) is 5.85. The summed E-state index contributed by atoms with van der Waals surface area (Å²) in [5, 5.41) is 11.7. The van der Waals surface area contributed by atoms with Crippen molar-refractivity contribution in [2.45, 2.75) is 31.3 Å². The summed E-state index contributed by atoms with van der Waals surface area (Å²) in [7, 11) is -3.72. The molecule has 0 spiro atoms. The van der Waals surface area contributed by atoms with Gasteiger partial charge in [0, 0.05) is 17.5 Å². The molecule has 0 amide bonds. The lowest BCUT2D eigenvalue weighted by Crippen LogP contribution is -2.36. The van der Waals surface area contributed by atoms with Gasteiger partial charge in [-0.3, -0.25) is 0 Å². The van der Waals surface area contributed by atoms with E-state index in [0.717, 1.165) is 4.88 Å². The summed E-state index contributed by atoms with van der Waals surface area (Å²) in [4.78, 5) is 0.919. The van der Waals surface area contributed by atoms with E-state index in [1.165, 1.54) is 27.8 Å². The van der Waals surface area contributed by atoms with Gasteiger partial charge in [0.2, 0.25) is 10.0 Å². The largest absolute Gasteiger partial charge is 0.507 e. The van der Waals surface area contributed by atoms with E-state index in [9.17, 15) is 13.5 Å². The Kier molecular flexibility index (Phi) is 4.47. The molecule has 1 N–H and O–H groups in total. The van der Waals surface area contributed by atoms with Gasteiger partial charge in [-0.05, 0) is 37.4 Å². The fraction of sp³-hybridized carbons (Fsp3) is 0.286. The highest BCUT2D eigenvalue weighted by Gasteiger charge is 2.29. The van der Waals surface area contributed by atoms with Crippen molar-refractivity contribution in [3.8, 4) is 5.75 Å². The minimum absolute atomic E-state index is 0.0507. The fourth-order valence-corrected chi connectivity index (χ4v) is 4.39. The Morgan fingerprint density at radius 3 is 2.45 bits per heavy atom. The van der Waals surface area contributed by atoms with Crippen LogP contribution in [0.4, 0.5) is 0 Å². The quantitative estimate of drug-likeness (QED) is 0.923. The van der Waals surface area contributed by atoms with Crippen LogP contribution in [-0.4, -0.2) is 23.9 Å². The number of thiophene rings is 1. The summed E-state index contributed by atoms with van der Waals surface area (Å²) >= 11 is 1.52. The van der Waals surface area contributed by atoms with Crippen LogP contribution in [0.3, 0.4) is 0 Å². The third-order valence-electron chi connectivity index (χ3n) is 2.92. The number of rotatable bonds is 5. The van der Waals surface area contributed by atoms with E-state index < -0.39 is 10.0 Å². The van der Waals surface area contributed by atoms with Crippen LogP contribution in [0.15, 0.2) is 46.7 Å². The monoisotopic (exact) mass is 311 g/mol. The molecule has 2 aromatic rings. The van der Waals surface area contributed by atoms with E-state index in [2.05, 4.69) is 0 Å². The van der Waals surface area contributed by atoms with E-state index in [4.69, 9.17) is 0 Å². The topological polar surface area (TPSA) is 57.6 Å². The van der Waals surface area contributed by atoms with Crippen LogP contribution < -0.4 is 0 Å². The molecule has 0 fully saturated rings. The Morgan fingerprint density at radius 2 is 1.90 bits per heavy atom. The highest BCUT2D eigenvalue weighted by Crippen LogP contribution is 2.28. The zero-order valence-corrected chi connectivity index (χ0v) is 13.0. The number of sulfonamides is 1. The first-order chi connectivity index (χ1) is 9.43. The number of benzene rings is 1. The van der Waals surface area contributed by atoms with Crippen molar-refractivity contribution in [1.29, 1.82) is 0 Å². The molecule has 20 heavy (non-hydrogen) atoms. The van der Waals surface area contributed by atoms with Crippen LogP contribution in [0.25, 0.3) is 0 Å². The summed E-state index contributed by atoms with van der Waals surface area (Å²) in [6.07, 6.45) is 0. The molecule has 108 valence electrons. The Balaban J connectivity index is 2.40. The van der Waals surface area contributed by atoms with Crippen LogP contribution in [0, 0.1) is 0 Å². The van der Waals surface area contributed by atoms with E-state index in [0.29, 0.717) is 6.54 Å². The second kappa shape index (κ2) is 5.95. The molecule has 1 heterocycles. The minimum Gasteiger partial charge on any atom is -0.507 e. The summed E-state index contributed by atoms with van der Waals surface area (Å²) in [5.41, 5.74) is 0. The molecule has 6 heteroatoms. The molecule has 4 nitrogen and oxygen atoms in total. The van der Waals surface area contributed by atoms with Crippen LogP contribution in [0.2, 0.25) is 0 Å². The Bertz CT molecular complexity index is 663. The number of hydrogen-bond donors (Lipinski definition) is 1. The minimum atomic E-state index is -3.72. The fourth-order valence-electron chi connectivity index (χ4n) is 1.90. The normalized spacial score (nSPS) is 12.2. The van der Waals surface area contributed by atoms with Crippen molar-refractivity contribution in [2.24, 2.45) is 0 Å². The van der Waals surface area contributed by atoms with Gasteiger partial charge in [-0.25, -0.2) is 8.42 Å². The van der Waals surface area contributed by atoms with Crippen LogP contribution >= 0.6 is 11.3 Å². The maximum Gasteiger partial charge on any atom is 0.247 e. The molecule has 1 aromatic carbocycles. The van der Waals surface area contributed by atoms with Gasteiger partial charge < -0.3 is 5.11 Å². The van der Waals surface area contributed by atoms with Gasteiger partial charge in [0.1, 0.15) is 10.6 Å². The molecular formula is C14H17NO3S2. The maximum atomic E-state index is 12.7. The number of hydrogen-bond acceptors (Lipinski definition) is 4. The summed E-state index contributed by atoms with van der Waals surface area (Å²) in [6, 6.07) is 9.63. The Labute approximate surface area is 123 Å². The first-order valence-corrected chi connectivity index (χ1v) is 8.57. The first-order valence-electron chi connectivity index (χ1n) is 6.25. The molecule has 0 atom stereocenters. The van der Waals surface area contributed by atoms with Gasteiger partial charge >= 0.3 is 0 Å². The van der Waals surface area contributed by atoms with E-state index >= 15 is 0 Å². The van der Waals surface area contributed by atoms with Crippen molar-refractivity contribution in [1.82, 2.24) is 4.31 Å². The molecule has 2 rings (SSSR count). The average molecular weight is 311 g/mol. The molecule has 0 saturated carbocycles. The van der Waals surface area contributed by atoms with Gasteiger partial charge in [0.15, 0.2) is 0 Å². The second-order valence-electron chi connectivity index (χ2n) is 4.69. The molecule has 0 aliphatic carbocycles. The predicted molar refractivity (Wildman–Crippen MR) is 80.3 cm³/mol. The zero-order valence-electron chi connectivity index (χ0n) is 11.4. The lowest BCUT2D eigenvalue weighted by Gasteiger charge is -2.25. The van der Waals surface area contributed by atoms with Crippen molar-refractivity contribution >= 4 is 21.4 Å². The molecule has 0 unspecified atom stereocenters. The zero-order chi connectivity index (χ0) is 14.8. The third kappa shape index (κ3) is 3.03. The molecular weight excluding hydrogens is 294 g/mol. The van der Waals surface area contributed by atoms with Crippen LogP contribution in [-0.2, 0) is 16.6 Å². The predicted octanol–water partition coefficient (Wildman–Crippen LogP) is 3.05. The summed E-state index contributed by atoms with van der Waals surface area (Å²) in [5.74, 6) is -0.218. The Morgan fingerprint density at radius 1 is 1.20 bits per heavy atom. The highest BCUT2D eigenvalue weighted by atomic mass is 32.2. The molecule has 0 bridgehead atoms. The van der Waals surface area contributed by atoms with Crippen LogP contribution in [0.5, 0.6) is 5.75 Å². The summed E-state index contributed by atoms with van der Waals surface area (Å²) < 4.78 is 26.8. The first kappa shape index (κ1) is 15.0. The molecule has 0 aliphatic heterocycles. The van der Waals surface area contributed by atoms with E-state index in [1.807, 2.05) is 31.4 Å².